The summed E-state index contributed by atoms with van der Waals surface area (Å²) in [6.07, 6.45) is 2.17. The molecular weight excluding hydrogens is 255 g/mol. The molecule has 1 amide bonds. The summed E-state index contributed by atoms with van der Waals surface area (Å²) < 4.78 is 12.9. The van der Waals surface area contributed by atoms with Crippen LogP contribution in [-0.4, -0.2) is 17.3 Å². The van der Waals surface area contributed by atoms with E-state index in [1.807, 2.05) is 6.07 Å². The van der Waals surface area contributed by atoms with Crippen molar-refractivity contribution in [1.82, 2.24) is 5.32 Å². The van der Waals surface area contributed by atoms with Crippen LogP contribution in [0.25, 0.3) is 0 Å². The van der Waals surface area contributed by atoms with E-state index < -0.39 is 11.2 Å². The van der Waals surface area contributed by atoms with Gasteiger partial charge in [-0.05, 0) is 37.0 Å². The fourth-order valence-electron chi connectivity index (χ4n) is 1.57. The van der Waals surface area contributed by atoms with Crippen LogP contribution in [0.4, 0.5) is 4.39 Å². The van der Waals surface area contributed by atoms with Gasteiger partial charge < -0.3 is 5.32 Å². The number of rotatable bonds is 4. The van der Waals surface area contributed by atoms with Crippen LogP contribution in [0.1, 0.15) is 24.0 Å². The van der Waals surface area contributed by atoms with Gasteiger partial charge in [-0.15, -0.1) is 11.6 Å². The summed E-state index contributed by atoms with van der Waals surface area (Å²) in [6, 6.07) is 6.96. The molecule has 5 heteroatoms. The Morgan fingerprint density at radius 2 is 2.44 bits per heavy atom. The second-order valence-electron chi connectivity index (χ2n) is 4.29. The largest absolute Gasteiger partial charge is 0.352 e. The summed E-state index contributed by atoms with van der Waals surface area (Å²) in [6.45, 7) is 0. The highest BCUT2D eigenvalue weighted by atomic mass is 35.5. The Morgan fingerprint density at radius 3 is 3.06 bits per heavy atom. The van der Waals surface area contributed by atoms with Gasteiger partial charge in [0.15, 0.2) is 0 Å². The van der Waals surface area contributed by atoms with Gasteiger partial charge in [0.05, 0.1) is 11.6 Å². The summed E-state index contributed by atoms with van der Waals surface area (Å²) >= 11 is 5.98. The lowest BCUT2D eigenvalue weighted by atomic mass is 10.0. The van der Waals surface area contributed by atoms with E-state index in [4.69, 9.17) is 16.9 Å². The average Bonchev–Trinajstić information content (AvgIpc) is 3.15. The third kappa shape index (κ3) is 3.21. The maximum atomic E-state index is 12.9. The zero-order valence-electron chi connectivity index (χ0n) is 9.54. The molecule has 93 valence electrons. The maximum Gasteiger partial charge on any atom is 0.238 e. The number of nitriles is 1. The van der Waals surface area contributed by atoms with Crippen LogP contribution < -0.4 is 5.32 Å². The Morgan fingerprint density at radius 1 is 1.72 bits per heavy atom. The van der Waals surface area contributed by atoms with Crippen LogP contribution in [0.5, 0.6) is 0 Å². The van der Waals surface area contributed by atoms with Crippen molar-refractivity contribution < 1.29 is 9.18 Å². The van der Waals surface area contributed by atoms with Crippen LogP contribution in [0.3, 0.4) is 0 Å². The number of hydrogen-bond donors (Lipinski definition) is 1. The Kier molecular flexibility index (Phi) is 3.83. The van der Waals surface area contributed by atoms with Crippen LogP contribution in [-0.2, 0) is 11.2 Å². The minimum absolute atomic E-state index is 0.191. The number of alkyl halides is 1. The molecule has 1 aliphatic carbocycles. The van der Waals surface area contributed by atoms with Crippen molar-refractivity contribution in [2.24, 2.45) is 0 Å². The smallest absolute Gasteiger partial charge is 0.238 e. The summed E-state index contributed by atoms with van der Waals surface area (Å²) in [5, 5.41) is 10.9. The van der Waals surface area contributed by atoms with Gasteiger partial charge in [-0.1, -0.05) is 0 Å². The van der Waals surface area contributed by atoms with Gasteiger partial charge in [0.1, 0.15) is 11.2 Å². The first-order valence-electron chi connectivity index (χ1n) is 5.65. The first kappa shape index (κ1) is 12.8. The number of halogens is 2. The Bertz CT molecular complexity index is 508. The van der Waals surface area contributed by atoms with Gasteiger partial charge in [0.25, 0.3) is 0 Å². The number of nitrogens with zero attached hydrogens (tertiary/aromatic N) is 1. The zero-order valence-corrected chi connectivity index (χ0v) is 10.3. The first-order valence-corrected chi connectivity index (χ1v) is 6.08. The molecule has 3 nitrogen and oxygen atoms in total. The van der Waals surface area contributed by atoms with E-state index in [0.29, 0.717) is 5.56 Å². The molecule has 0 spiro atoms. The molecule has 1 atom stereocenters. The van der Waals surface area contributed by atoms with Gasteiger partial charge in [0, 0.05) is 12.1 Å². The van der Waals surface area contributed by atoms with E-state index in [-0.39, 0.29) is 23.9 Å². The molecule has 1 radical (unpaired) electrons. The highest BCUT2D eigenvalue weighted by Gasteiger charge is 2.26. The van der Waals surface area contributed by atoms with E-state index in [9.17, 15) is 9.18 Å². The van der Waals surface area contributed by atoms with Gasteiger partial charge in [-0.3, -0.25) is 4.79 Å². The molecule has 1 unspecified atom stereocenters. The average molecular weight is 266 g/mol. The molecule has 0 saturated heterocycles. The van der Waals surface area contributed by atoms with E-state index in [2.05, 4.69) is 11.4 Å². The van der Waals surface area contributed by atoms with Crippen molar-refractivity contribution in [2.75, 3.05) is 0 Å². The molecule has 18 heavy (non-hydrogen) atoms. The molecule has 1 fully saturated rings. The minimum atomic E-state index is -0.753. The number of benzene rings is 1. The topological polar surface area (TPSA) is 52.9 Å². The zero-order chi connectivity index (χ0) is 13.1. The fraction of sp³-hybridized carbons (Fsp3) is 0.385. The number of nitrogens with one attached hydrogen (secondary N) is 1. The van der Waals surface area contributed by atoms with Crippen molar-refractivity contribution >= 4 is 17.5 Å². The predicted molar refractivity (Wildman–Crippen MR) is 64.5 cm³/mol. The predicted octanol–water partition coefficient (Wildman–Crippen LogP) is 1.93. The second-order valence-corrected chi connectivity index (χ2v) is 4.81. The summed E-state index contributed by atoms with van der Waals surface area (Å²) in [7, 11) is 0. The monoisotopic (exact) mass is 265 g/mol. The second kappa shape index (κ2) is 5.36. The SMILES string of the molecule is N#Cc1cc(F)[c]cc1CC(Cl)C(=O)NC1CC1. The van der Waals surface area contributed by atoms with E-state index in [0.717, 1.165) is 18.9 Å². The minimum Gasteiger partial charge on any atom is -0.352 e. The third-order valence-corrected chi connectivity index (χ3v) is 3.08. The molecule has 0 heterocycles. The summed E-state index contributed by atoms with van der Waals surface area (Å²) in [5.74, 6) is -0.837. The van der Waals surface area contributed by atoms with Crippen molar-refractivity contribution in [3.8, 4) is 6.07 Å². The molecule has 0 aliphatic heterocycles. The standard InChI is InChI=1S/C13H11ClFN2O/c14-12(13(18)17-11-3-4-11)6-8-1-2-10(15)5-9(8)7-16/h1,5,11-12H,3-4,6H2,(H,17,18). The van der Waals surface area contributed by atoms with Crippen LogP contribution in [0, 0.1) is 23.2 Å². The summed E-state index contributed by atoms with van der Waals surface area (Å²) in [4.78, 5) is 11.7. The molecule has 1 aromatic rings. The third-order valence-electron chi connectivity index (χ3n) is 2.73. The summed E-state index contributed by atoms with van der Waals surface area (Å²) in [5.41, 5.74) is 0.723. The Balaban J connectivity index is 2.03. The number of amides is 1. The number of carbonyl (C=O) groups excluding carboxylic acids is 1. The van der Waals surface area contributed by atoms with Crippen molar-refractivity contribution in [3.05, 3.63) is 35.1 Å². The molecule has 2 rings (SSSR count). The van der Waals surface area contributed by atoms with Crippen molar-refractivity contribution in [1.29, 1.82) is 5.26 Å². The highest BCUT2D eigenvalue weighted by Crippen LogP contribution is 2.20. The molecule has 1 N–H and O–H groups in total. The Labute approximate surface area is 110 Å². The van der Waals surface area contributed by atoms with Crippen molar-refractivity contribution in [3.63, 3.8) is 0 Å². The lowest BCUT2D eigenvalue weighted by Gasteiger charge is -2.10. The van der Waals surface area contributed by atoms with E-state index in [1.54, 1.807) is 0 Å². The van der Waals surface area contributed by atoms with E-state index in [1.165, 1.54) is 6.07 Å². The molecule has 1 saturated carbocycles. The van der Waals surface area contributed by atoms with Crippen LogP contribution in [0.2, 0.25) is 0 Å². The lowest BCUT2D eigenvalue weighted by molar-refractivity contribution is -0.120. The molecule has 0 bridgehead atoms. The fourth-order valence-corrected chi connectivity index (χ4v) is 1.80. The molecule has 0 aromatic heterocycles. The van der Waals surface area contributed by atoms with Gasteiger partial charge >= 0.3 is 0 Å². The van der Waals surface area contributed by atoms with E-state index >= 15 is 0 Å². The lowest BCUT2D eigenvalue weighted by Crippen LogP contribution is -2.34. The Hall–Kier alpha value is -1.60. The molecular formula is C13H11ClFN2O. The van der Waals surface area contributed by atoms with Crippen molar-refractivity contribution in [2.45, 2.75) is 30.7 Å². The van der Waals surface area contributed by atoms with Gasteiger partial charge in [-0.25, -0.2) is 4.39 Å². The van der Waals surface area contributed by atoms with Gasteiger partial charge in [0.2, 0.25) is 5.91 Å². The molecule has 1 aromatic carbocycles. The molecule has 1 aliphatic rings. The van der Waals surface area contributed by atoms with Gasteiger partial charge in [-0.2, -0.15) is 5.26 Å². The number of hydrogen-bond acceptors (Lipinski definition) is 2. The number of carbonyl (C=O) groups is 1. The quantitative estimate of drug-likeness (QED) is 0.846. The van der Waals surface area contributed by atoms with Crippen LogP contribution in [0.15, 0.2) is 12.1 Å². The van der Waals surface area contributed by atoms with Crippen LogP contribution >= 0.6 is 11.6 Å². The first-order chi connectivity index (χ1) is 8.60. The highest BCUT2D eigenvalue weighted by molar-refractivity contribution is 6.30. The normalized spacial score (nSPS) is 15.8. The maximum absolute atomic E-state index is 12.9.